The number of rotatable bonds is 3. The number of alkyl halides is 1. The van der Waals surface area contributed by atoms with Gasteiger partial charge >= 0.3 is 0 Å². The van der Waals surface area contributed by atoms with Gasteiger partial charge in [0.2, 0.25) is 0 Å². The molecule has 0 heterocycles. The van der Waals surface area contributed by atoms with Crippen molar-refractivity contribution in [3.05, 3.63) is 35.4 Å². The van der Waals surface area contributed by atoms with Crippen molar-refractivity contribution in [1.82, 2.24) is 4.31 Å². The van der Waals surface area contributed by atoms with Crippen LogP contribution in [0.15, 0.2) is 24.3 Å². The molecule has 1 aromatic carbocycles. The van der Waals surface area contributed by atoms with Crippen molar-refractivity contribution in [2.24, 2.45) is 0 Å². The molecule has 2 rings (SSSR count). The summed E-state index contributed by atoms with van der Waals surface area (Å²) in [6, 6.07) is 4.73. The van der Waals surface area contributed by atoms with Gasteiger partial charge in [0.1, 0.15) is 6.17 Å². The zero-order chi connectivity index (χ0) is 15.1. The van der Waals surface area contributed by atoms with Crippen LogP contribution in [-0.2, 0) is 16.7 Å². The van der Waals surface area contributed by atoms with Gasteiger partial charge in [0.25, 0.3) is 0 Å². The summed E-state index contributed by atoms with van der Waals surface area (Å²) >= 11 is 0. The predicted molar refractivity (Wildman–Crippen MR) is 63.0 cm³/mol. The number of hydrogen-bond donors (Lipinski definition) is 0. The number of fused-ring (bicyclic) bond motifs is 1. The molecule has 0 amide bonds. The van der Waals surface area contributed by atoms with Crippen LogP contribution in [0.5, 0.6) is 0 Å². The smallest absolute Gasteiger partial charge is 0.163 e. The van der Waals surface area contributed by atoms with E-state index in [0.29, 0.717) is 5.56 Å². The molecule has 1 aromatic rings. The third-order valence-corrected chi connectivity index (χ3v) is 3.60. The fraction of sp³-hybridized carbons (Fsp3) is 0.333. The Morgan fingerprint density at radius 1 is 1.61 bits per heavy atom. The van der Waals surface area contributed by atoms with Gasteiger partial charge in [-0.25, -0.2) is 12.8 Å². The van der Waals surface area contributed by atoms with Crippen LogP contribution < -0.4 is 0 Å². The Morgan fingerprint density at radius 2 is 2.28 bits per heavy atom. The van der Waals surface area contributed by atoms with Gasteiger partial charge in [0, 0.05) is 6.42 Å². The molecule has 0 saturated carbocycles. The SMILES string of the molecule is [2H]C([2H])(C#C)N([C@H]1c2ccccc2CC1[18F])S(=O)(=O)[O-]. The Hall–Kier alpha value is -1.42. The monoisotopic (exact) mass is 269 g/mol. The zero-order valence-electron chi connectivity index (χ0n) is 11.2. The summed E-state index contributed by atoms with van der Waals surface area (Å²) in [6.45, 7) is -2.90. The maximum absolute atomic E-state index is 14.1. The highest BCUT2D eigenvalue weighted by atomic mass is 32.2. The lowest BCUT2D eigenvalue weighted by Crippen LogP contribution is -2.37. The number of halogens is 1. The Balaban J connectivity index is 2.60. The van der Waals surface area contributed by atoms with Gasteiger partial charge in [-0.2, -0.15) is 4.31 Å². The summed E-state index contributed by atoms with van der Waals surface area (Å²) in [5.41, 5.74) is 0.796. The molecule has 0 saturated heterocycles. The molecule has 1 aliphatic rings. The quantitative estimate of drug-likeness (QED) is 0.608. The summed E-state index contributed by atoms with van der Waals surface area (Å²) < 4.78 is 63.1. The molecule has 4 nitrogen and oxygen atoms in total. The third kappa shape index (κ3) is 2.25. The van der Waals surface area contributed by atoms with Gasteiger partial charge in [0.05, 0.1) is 15.3 Å². The third-order valence-electron chi connectivity index (χ3n) is 2.80. The topological polar surface area (TPSA) is 60.4 Å². The number of nitrogens with zero attached hydrogens (tertiary/aromatic N) is 1. The van der Waals surface area contributed by atoms with Crippen molar-refractivity contribution in [1.29, 1.82) is 0 Å². The highest BCUT2D eigenvalue weighted by Gasteiger charge is 2.38. The average Bonchev–Trinajstić information content (AvgIpc) is 2.65. The van der Waals surface area contributed by atoms with Crippen LogP contribution in [0.25, 0.3) is 0 Å². The predicted octanol–water partition coefficient (Wildman–Crippen LogP) is 1.02. The fourth-order valence-electron chi connectivity index (χ4n) is 2.13. The summed E-state index contributed by atoms with van der Waals surface area (Å²) in [6.07, 6.45) is 3.13. The van der Waals surface area contributed by atoms with Crippen molar-refractivity contribution in [3.8, 4) is 12.3 Å². The molecule has 2 atom stereocenters. The van der Waals surface area contributed by atoms with Gasteiger partial charge in [-0.05, 0) is 11.1 Å². The Labute approximate surface area is 108 Å². The van der Waals surface area contributed by atoms with Crippen LogP contribution in [0, 0.1) is 12.3 Å². The van der Waals surface area contributed by atoms with Gasteiger partial charge in [0.15, 0.2) is 10.3 Å². The van der Waals surface area contributed by atoms with E-state index in [9.17, 15) is 17.4 Å². The lowest BCUT2D eigenvalue weighted by Gasteiger charge is -2.30. The molecule has 0 N–H and O–H groups in total. The molecule has 6 heteroatoms. The Bertz CT molecular complexity index is 672. The van der Waals surface area contributed by atoms with E-state index in [2.05, 4.69) is 0 Å². The highest BCUT2D eigenvalue weighted by Crippen LogP contribution is 2.38. The Morgan fingerprint density at radius 3 is 2.89 bits per heavy atom. The van der Waals surface area contributed by atoms with E-state index in [1.54, 1.807) is 24.1 Å². The molecule has 0 spiro atoms. The van der Waals surface area contributed by atoms with Crippen LogP contribution in [0.1, 0.15) is 19.9 Å². The molecule has 96 valence electrons. The molecule has 0 aliphatic heterocycles. The van der Waals surface area contributed by atoms with Crippen molar-refractivity contribution in [2.75, 3.05) is 6.50 Å². The van der Waals surface area contributed by atoms with Crippen LogP contribution >= 0.6 is 0 Å². The molecule has 18 heavy (non-hydrogen) atoms. The molecule has 0 bridgehead atoms. The first-order valence-electron chi connectivity index (χ1n) is 6.13. The van der Waals surface area contributed by atoms with Gasteiger partial charge in [-0.1, -0.05) is 30.2 Å². The lowest BCUT2D eigenvalue weighted by atomic mass is 10.1. The van der Waals surface area contributed by atoms with Crippen molar-refractivity contribution in [3.63, 3.8) is 0 Å². The van der Waals surface area contributed by atoms with E-state index in [1.165, 1.54) is 6.07 Å². The number of hydrogen-bond acceptors (Lipinski definition) is 3. The van der Waals surface area contributed by atoms with E-state index in [4.69, 9.17) is 9.16 Å². The molecule has 0 radical (unpaired) electrons. The minimum atomic E-state index is -5.27. The van der Waals surface area contributed by atoms with Crippen molar-refractivity contribution in [2.45, 2.75) is 18.6 Å². The van der Waals surface area contributed by atoms with Crippen LogP contribution in [0.2, 0.25) is 0 Å². The zero-order valence-corrected chi connectivity index (χ0v) is 10.0. The molecule has 1 aliphatic carbocycles. The van der Waals surface area contributed by atoms with E-state index in [1.807, 2.05) is 0 Å². The largest absolute Gasteiger partial charge is 0.735 e. The van der Waals surface area contributed by atoms with Crippen LogP contribution in [-0.4, -0.2) is 29.9 Å². The van der Waals surface area contributed by atoms with Crippen molar-refractivity contribution < 1.29 is 20.1 Å². The van der Waals surface area contributed by atoms with Crippen LogP contribution in [0.3, 0.4) is 0 Å². The maximum Gasteiger partial charge on any atom is 0.163 e. The molecule has 0 aromatic heterocycles. The minimum absolute atomic E-state index is 0.0898. The molecular formula is C12H11FNO3S-. The first-order chi connectivity index (χ1) is 9.18. The summed E-state index contributed by atoms with van der Waals surface area (Å²) in [4.78, 5) is 0. The van der Waals surface area contributed by atoms with E-state index in [0.717, 1.165) is 0 Å². The van der Waals surface area contributed by atoms with Gasteiger partial charge in [-0.3, -0.25) is 0 Å². The Kier molecular flexibility index (Phi) is 2.73. The van der Waals surface area contributed by atoms with E-state index >= 15 is 0 Å². The lowest BCUT2D eigenvalue weighted by molar-refractivity contribution is 0.194. The average molecular weight is 269 g/mol. The van der Waals surface area contributed by atoms with Crippen LogP contribution in [0.4, 0.5) is 4.39 Å². The van der Waals surface area contributed by atoms with E-state index < -0.39 is 29.0 Å². The normalized spacial score (nSPS) is 25.2. The first kappa shape index (κ1) is 10.5. The number of terminal acetylenes is 1. The fourth-order valence-corrected chi connectivity index (χ4v) is 2.81. The standard InChI is InChI=1S/C12H12FNO3S/c1-2-7-14(18(15,16)17)12-10-6-4-3-5-9(10)8-11(12)13/h1,3-6,11-12H,7-8H2,(H,15,16,17)/p-1/t11?,12-/m0/s1/i7D2,13-1. The summed E-state index contributed by atoms with van der Waals surface area (Å²) in [5.74, 6) is 1.59. The second kappa shape index (κ2) is 4.69. The minimum Gasteiger partial charge on any atom is -0.735 e. The molecule has 0 fully saturated rings. The highest BCUT2D eigenvalue weighted by molar-refractivity contribution is 7.83. The summed E-state index contributed by atoms with van der Waals surface area (Å²) in [7, 11) is -5.27. The molecule has 1 unspecified atom stereocenters. The first-order valence-corrected chi connectivity index (χ1v) is 6.50. The van der Waals surface area contributed by atoms with E-state index in [-0.39, 0.29) is 16.3 Å². The second-order valence-electron chi connectivity index (χ2n) is 3.87. The maximum atomic E-state index is 14.1. The van der Waals surface area contributed by atoms with Crippen molar-refractivity contribution >= 4 is 10.3 Å². The van der Waals surface area contributed by atoms with Gasteiger partial charge < -0.3 is 4.55 Å². The van der Waals surface area contributed by atoms with Gasteiger partial charge in [-0.15, -0.1) is 6.42 Å². The number of benzene rings is 1. The summed E-state index contributed by atoms with van der Waals surface area (Å²) in [5, 5.41) is 0. The second-order valence-corrected chi connectivity index (χ2v) is 5.12. The molecular weight excluding hydrogens is 256 g/mol.